The lowest BCUT2D eigenvalue weighted by atomic mass is 9.46. The molecule has 160 valence electrons. The van der Waals surface area contributed by atoms with Gasteiger partial charge in [0.1, 0.15) is 6.61 Å². The molecule has 0 radical (unpaired) electrons. The zero-order valence-electron chi connectivity index (χ0n) is 18.8. The molecule has 1 fully saturated rings. The van der Waals surface area contributed by atoms with Crippen LogP contribution in [-0.2, 0) is 19.1 Å². The predicted molar refractivity (Wildman–Crippen MR) is 112 cm³/mol. The van der Waals surface area contributed by atoms with Gasteiger partial charge in [-0.3, -0.25) is 9.59 Å². The van der Waals surface area contributed by atoms with Crippen LogP contribution >= 0.6 is 0 Å². The summed E-state index contributed by atoms with van der Waals surface area (Å²) in [5.41, 5.74) is 1.76. The first-order chi connectivity index (χ1) is 13.1. The van der Waals surface area contributed by atoms with Crippen LogP contribution in [0.2, 0.25) is 0 Å². The molecular weight excluding hydrogens is 352 g/mol. The number of carbonyl (C=O) groups excluding carboxylic acids is 2. The van der Waals surface area contributed by atoms with Crippen LogP contribution in [0.5, 0.6) is 0 Å². The number of ether oxygens (including phenoxy) is 2. The minimum Gasteiger partial charge on any atom is -0.466 e. The Morgan fingerprint density at radius 3 is 2.46 bits per heavy atom. The van der Waals surface area contributed by atoms with Crippen molar-refractivity contribution in [3.63, 3.8) is 0 Å². The second-order valence-corrected chi connectivity index (χ2v) is 9.78. The van der Waals surface area contributed by atoms with E-state index in [0.29, 0.717) is 36.4 Å². The number of hydrogen-bond acceptors (Lipinski definition) is 4. The van der Waals surface area contributed by atoms with Crippen molar-refractivity contribution in [1.82, 2.24) is 0 Å². The summed E-state index contributed by atoms with van der Waals surface area (Å²) in [5, 5.41) is 0. The maximum atomic E-state index is 11.4. The van der Waals surface area contributed by atoms with Gasteiger partial charge in [0.15, 0.2) is 0 Å². The third-order valence-electron chi connectivity index (χ3n) is 7.89. The number of hydrogen-bond donors (Lipinski definition) is 0. The van der Waals surface area contributed by atoms with Gasteiger partial charge in [-0.1, -0.05) is 40.2 Å². The lowest BCUT2D eigenvalue weighted by molar-refractivity contribution is -0.142. The Balaban J connectivity index is 2.07. The van der Waals surface area contributed by atoms with Gasteiger partial charge in [-0.05, 0) is 72.7 Å². The minimum atomic E-state index is -0.194. The summed E-state index contributed by atoms with van der Waals surface area (Å²) >= 11 is 0. The maximum Gasteiger partial charge on any atom is 0.302 e. The van der Waals surface area contributed by atoms with Crippen LogP contribution in [0.15, 0.2) is 11.6 Å². The summed E-state index contributed by atoms with van der Waals surface area (Å²) in [7, 11) is 0. The first kappa shape index (κ1) is 23.0. The molecule has 28 heavy (non-hydrogen) atoms. The van der Waals surface area contributed by atoms with Crippen molar-refractivity contribution in [2.45, 2.75) is 86.5 Å². The summed E-state index contributed by atoms with van der Waals surface area (Å²) in [6.07, 6.45) is 10.4. The van der Waals surface area contributed by atoms with Crippen molar-refractivity contribution in [3.05, 3.63) is 11.6 Å². The van der Waals surface area contributed by atoms with Crippen molar-refractivity contribution in [1.29, 1.82) is 0 Å². The molecule has 1 saturated carbocycles. The number of rotatable bonds is 8. The third-order valence-corrected chi connectivity index (χ3v) is 7.89. The zero-order chi connectivity index (χ0) is 20.9. The normalized spacial score (nSPS) is 33.4. The highest BCUT2D eigenvalue weighted by Crippen LogP contribution is 2.62. The van der Waals surface area contributed by atoms with E-state index < -0.39 is 0 Å². The molecule has 0 spiro atoms. The van der Waals surface area contributed by atoms with Gasteiger partial charge in [0, 0.05) is 13.8 Å². The second kappa shape index (κ2) is 9.45. The highest BCUT2D eigenvalue weighted by atomic mass is 16.5. The van der Waals surface area contributed by atoms with Gasteiger partial charge < -0.3 is 9.47 Å². The zero-order valence-corrected chi connectivity index (χ0v) is 18.8. The van der Waals surface area contributed by atoms with E-state index in [1.807, 2.05) is 0 Å². The molecule has 0 aromatic rings. The molecule has 2 aliphatic rings. The van der Waals surface area contributed by atoms with Crippen LogP contribution in [-0.4, -0.2) is 25.2 Å². The van der Waals surface area contributed by atoms with Gasteiger partial charge in [-0.15, -0.1) is 0 Å². The van der Waals surface area contributed by atoms with Crippen molar-refractivity contribution in [2.24, 2.45) is 28.6 Å². The molecule has 2 aliphatic carbocycles. The fourth-order valence-electron chi connectivity index (χ4n) is 5.71. The molecule has 0 saturated heterocycles. The summed E-state index contributed by atoms with van der Waals surface area (Å²) in [6.45, 7) is 13.5. The molecule has 0 aromatic carbocycles. The van der Waals surface area contributed by atoms with Gasteiger partial charge in [0.2, 0.25) is 0 Å². The Kier molecular flexibility index (Phi) is 7.75. The number of allylic oxidation sites excluding steroid dienone is 1. The SMILES string of the molecule is CC(=O)OCC[C@@H](C)CC[C@@]1(C)[C@H](C)CC[C@]2(C)C(COC(C)=O)=CCC[C@H]12. The Hall–Kier alpha value is -1.32. The van der Waals surface area contributed by atoms with E-state index in [0.717, 1.165) is 19.3 Å². The molecule has 5 atom stereocenters. The quantitative estimate of drug-likeness (QED) is 0.393. The van der Waals surface area contributed by atoms with Crippen molar-refractivity contribution >= 4 is 11.9 Å². The molecule has 0 bridgehead atoms. The highest BCUT2D eigenvalue weighted by Gasteiger charge is 2.53. The maximum absolute atomic E-state index is 11.4. The molecular formula is C24H40O4. The Bertz CT molecular complexity index is 595. The van der Waals surface area contributed by atoms with Gasteiger partial charge in [0.25, 0.3) is 0 Å². The predicted octanol–water partition coefficient (Wildman–Crippen LogP) is 5.70. The van der Waals surface area contributed by atoms with Gasteiger partial charge in [0.05, 0.1) is 6.61 Å². The van der Waals surface area contributed by atoms with Crippen LogP contribution in [0.4, 0.5) is 0 Å². The van der Waals surface area contributed by atoms with E-state index in [1.54, 1.807) is 0 Å². The standard InChI is InChI=1S/C24H40O4/c1-17(12-15-27-19(3)25)10-13-23(5)18(2)11-14-24(6)21(16-28-20(4)26)8-7-9-22(23)24/h8,17-18,22H,7,9-16H2,1-6H3/t17-,18+,22+,23-,24+/m0/s1. The number of carbonyl (C=O) groups is 2. The fraction of sp³-hybridized carbons (Fsp3) is 0.833. The Labute approximate surface area is 171 Å². The van der Waals surface area contributed by atoms with Crippen LogP contribution in [0.1, 0.15) is 86.5 Å². The van der Waals surface area contributed by atoms with Gasteiger partial charge in [-0.2, -0.15) is 0 Å². The van der Waals surface area contributed by atoms with Gasteiger partial charge >= 0.3 is 11.9 Å². The van der Waals surface area contributed by atoms with Crippen LogP contribution in [0, 0.1) is 28.6 Å². The number of esters is 2. The summed E-state index contributed by atoms with van der Waals surface area (Å²) in [6, 6.07) is 0. The van der Waals surface area contributed by atoms with Crippen LogP contribution in [0.25, 0.3) is 0 Å². The van der Waals surface area contributed by atoms with E-state index in [1.165, 1.54) is 45.1 Å². The summed E-state index contributed by atoms with van der Waals surface area (Å²) in [4.78, 5) is 22.3. The molecule has 0 heterocycles. The Morgan fingerprint density at radius 1 is 1.14 bits per heavy atom. The monoisotopic (exact) mass is 392 g/mol. The van der Waals surface area contributed by atoms with E-state index >= 15 is 0 Å². The van der Waals surface area contributed by atoms with E-state index in [4.69, 9.17) is 9.47 Å². The first-order valence-corrected chi connectivity index (χ1v) is 11.1. The Morgan fingerprint density at radius 2 is 1.82 bits per heavy atom. The lowest BCUT2D eigenvalue weighted by Gasteiger charge is -2.58. The van der Waals surface area contributed by atoms with Gasteiger partial charge in [-0.25, -0.2) is 0 Å². The third kappa shape index (κ3) is 5.18. The molecule has 0 N–H and O–H groups in total. The molecule has 4 heteroatoms. The largest absolute Gasteiger partial charge is 0.466 e. The molecule has 0 amide bonds. The van der Waals surface area contributed by atoms with Crippen molar-refractivity contribution < 1.29 is 19.1 Å². The van der Waals surface area contributed by atoms with Crippen LogP contribution < -0.4 is 0 Å². The van der Waals surface area contributed by atoms with Crippen molar-refractivity contribution in [3.8, 4) is 0 Å². The second-order valence-electron chi connectivity index (χ2n) is 9.78. The molecule has 0 aromatic heterocycles. The molecule has 0 unspecified atom stereocenters. The first-order valence-electron chi connectivity index (χ1n) is 11.1. The molecule has 0 aliphatic heterocycles. The lowest BCUT2D eigenvalue weighted by Crippen LogP contribution is -2.50. The summed E-state index contributed by atoms with van der Waals surface area (Å²) < 4.78 is 10.5. The average molecular weight is 393 g/mol. The minimum absolute atomic E-state index is 0.135. The average Bonchev–Trinajstić information content (AvgIpc) is 2.62. The van der Waals surface area contributed by atoms with E-state index in [-0.39, 0.29) is 17.4 Å². The molecule has 4 nitrogen and oxygen atoms in total. The highest BCUT2D eigenvalue weighted by molar-refractivity contribution is 5.66. The van der Waals surface area contributed by atoms with Crippen molar-refractivity contribution in [2.75, 3.05) is 13.2 Å². The fourth-order valence-corrected chi connectivity index (χ4v) is 5.71. The number of fused-ring (bicyclic) bond motifs is 1. The van der Waals surface area contributed by atoms with E-state index in [9.17, 15) is 9.59 Å². The topological polar surface area (TPSA) is 52.6 Å². The summed E-state index contributed by atoms with van der Waals surface area (Å²) in [5.74, 6) is 1.49. The smallest absolute Gasteiger partial charge is 0.302 e. The molecule has 2 rings (SSSR count). The van der Waals surface area contributed by atoms with E-state index in [2.05, 4.69) is 33.8 Å². The van der Waals surface area contributed by atoms with Crippen LogP contribution in [0.3, 0.4) is 0 Å².